The van der Waals surface area contributed by atoms with E-state index >= 15 is 0 Å². The van der Waals surface area contributed by atoms with Gasteiger partial charge in [0.1, 0.15) is 5.78 Å². The summed E-state index contributed by atoms with van der Waals surface area (Å²) in [6, 6.07) is 0. The summed E-state index contributed by atoms with van der Waals surface area (Å²) in [5.74, 6) is 4.84. The summed E-state index contributed by atoms with van der Waals surface area (Å²) in [5, 5.41) is 0. The predicted octanol–water partition coefficient (Wildman–Crippen LogP) is 8.23. The molecule has 0 aromatic rings. The molecule has 5 fully saturated rings. The Morgan fingerprint density at radius 2 is 1.74 bits per heavy atom. The lowest BCUT2D eigenvalue weighted by atomic mass is 9.43. The highest BCUT2D eigenvalue weighted by molar-refractivity contribution is 5.82. The lowest BCUT2D eigenvalue weighted by Gasteiger charge is -2.61. The molecule has 31 heavy (non-hydrogen) atoms. The predicted molar refractivity (Wildman–Crippen MR) is 130 cm³/mol. The van der Waals surface area contributed by atoms with Gasteiger partial charge in [-0.25, -0.2) is 0 Å². The summed E-state index contributed by atoms with van der Waals surface area (Å²) in [5.41, 5.74) is 3.61. The largest absolute Gasteiger partial charge is 0.299 e. The normalized spacial score (nSPS) is 51.5. The molecule has 0 bridgehead atoms. The van der Waals surface area contributed by atoms with Gasteiger partial charge in [0, 0.05) is 12.3 Å². The van der Waals surface area contributed by atoms with Crippen LogP contribution in [0.15, 0.2) is 12.2 Å². The zero-order valence-corrected chi connectivity index (χ0v) is 21.4. The SMILES string of the molecule is C=C(CC[C@@H](C)[C@H]1CC[C@]2(C)[C@H]3CC[C@@H]4[C@H](C)C(=O)CC[C@@]45C[C@@]35CC[C@]12C)C(C)C. The molecule has 5 rings (SSSR count). The first-order valence-corrected chi connectivity index (χ1v) is 13.7. The molecule has 0 saturated heterocycles. The number of carbonyl (C=O) groups excluding carboxylic acids is 1. The number of carbonyl (C=O) groups is 1. The van der Waals surface area contributed by atoms with Gasteiger partial charge in [0.2, 0.25) is 0 Å². The maximum atomic E-state index is 12.5. The lowest BCUT2D eigenvalue weighted by molar-refractivity contribution is -0.146. The number of allylic oxidation sites excluding steroid dienone is 1. The van der Waals surface area contributed by atoms with Crippen LogP contribution in [0, 0.1) is 57.2 Å². The number of fused-ring (bicyclic) bond motifs is 2. The van der Waals surface area contributed by atoms with Gasteiger partial charge in [0.25, 0.3) is 0 Å². The second-order valence-electron chi connectivity index (χ2n) is 13.8. The topological polar surface area (TPSA) is 17.1 Å². The van der Waals surface area contributed by atoms with Gasteiger partial charge in [0.05, 0.1) is 0 Å². The van der Waals surface area contributed by atoms with Crippen molar-refractivity contribution in [2.45, 2.75) is 112 Å². The molecule has 0 radical (unpaired) electrons. The van der Waals surface area contributed by atoms with E-state index in [1.54, 1.807) is 0 Å². The molecular weight excluding hydrogens is 376 g/mol. The molecule has 5 aliphatic carbocycles. The zero-order chi connectivity index (χ0) is 22.4. The third-order valence-corrected chi connectivity index (χ3v) is 13.0. The van der Waals surface area contributed by atoms with E-state index in [-0.39, 0.29) is 0 Å². The molecule has 174 valence electrons. The second kappa shape index (κ2) is 6.96. The quantitative estimate of drug-likeness (QED) is 0.406. The van der Waals surface area contributed by atoms with E-state index in [2.05, 4.69) is 48.1 Å². The van der Waals surface area contributed by atoms with Gasteiger partial charge >= 0.3 is 0 Å². The maximum Gasteiger partial charge on any atom is 0.136 e. The van der Waals surface area contributed by atoms with Crippen molar-refractivity contribution < 1.29 is 4.79 Å². The van der Waals surface area contributed by atoms with Crippen molar-refractivity contribution in [3.05, 3.63) is 12.2 Å². The fourth-order valence-corrected chi connectivity index (χ4v) is 10.7. The Kier molecular flexibility index (Phi) is 4.99. The third-order valence-electron chi connectivity index (χ3n) is 13.0. The highest BCUT2D eigenvalue weighted by Crippen LogP contribution is 2.88. The molecule has 0 aromatic carbocycles. The maximum absolute atomic E-state index is 12.5. The summed E-state index contributed by atoms with van der Waals surface area (Å²) in [7, 11) is 0. The molecule has 0 heterocycles. The van der Waals surface area contributed by atoms with Crippen LogP contribution in [0.25, 0.3) is 0 Å². The van der Waals surface area contributed by atoms with Gasteiger partial charge in [-0.15, -0.1) is 0 Å². The van der Waals surface area contributed by atoms with Crippen molar-refractivity contribution in [2.24, 2.45) is 57.2 Å². The second-order valence-corrected chi connectivity index (χ2v) is 13.8. The molecule has 0 N–H and O–H groups in total. The van der Waals surface area contributed by atoms with Crippen LogP contribution in [0.4, 0.5) is 0 Å². The van der Waals surface area contributed by atoms with Crippen molar-refractivity contribution in [3.63, 3.8) is 0 Å². The van der Waals surface area contributed by atoms with Crippen molar-refractivity contribution in [3.8, 4) is 0 Å². The Labute approximate surface area is 192 Å². The minimum atomic E-state index is 0.334. The van der Waals surface area contributed by atoms with Crippen LogP contribution in [-0.2, 0) is 4.79 Å². The average molecular weight is 425 g/mol. The summed E-state index contributed by atoms with van der Waals surface area (Å²) >= 11 is 0. The fraction of sp³-hybridized carbons (Fsp3) is 0.900. The monoisotopic (exact) mass is 424 g/mol. The van der Waals surface area contributed by atoms with Crippen molar-refractivity contribution in [2.75, 3.05) is 0 Å². The Bertz CT molecular complexity index is 779. The first-order valence-electron chi connectivity index (χ1n) is 13.7. The highest BCUT2D eigenvalue weighted by atomic mass is 16.1. The molecule has 1 heteroatoms. The Balaban J connectivity index is 1.38. The zero-order valence-electron chi connectivity index (χ0n) is 21.4. The molecule has 0 amide bonds. The van der Waals surface area contributed by atoms with E-state index in [4.69, 9.17) is 0 Å². The number of ketones is 1. The van der Waals surface area contributed by atoms with Gasteiger partial charge in [-0.1, -0.05) is 53.7 Å². The van der Waals surface area contributed by atoms with Gasteiger partial charge in [-0.3, -0.25) is 4.79 Å². The van der Waals surface area contributed by atoms with E-state index in [0.717, 1.165) is 24.2 Å². The van der Waals surface area contributed by atoms with Gasteiger partial charge in [0.15, 0.2) is 0 Å². The number of hydrogen-bond acceptors (Lipinski definition) is 1. The molecule has 2 spiro atoms. The highest BCUT2D eigenvalue weighted by Gasteiger charge is 2.81. The lowest BCUT2D eigenvalue weighted by Crippen LogP contribution is -2.55. The summed E-state index contributed by atoms with van der Waals surface area (Å²) in [6.45, 7) is 19.2. The van der Waals surface area contributed by atoms with Crippen LogP contribution in [0.1, 0.15) is 112 Å². The molecule has 5 aliphatic rings. The molecule has 0 unspecified atom stereocenters. The summed E-state index contributed by atoms with van der Waals surface area (Å²) in [6.07, 6.45) is 14.6. The Hall–Kier alpha value is -0.590. The van der Waals surface area contributed by atoms with E-state index in [9.17, 15) is 4.79 Å². The van der Waals surface area contributed by atoms with E-state index in [1.807, 2.05) is 0 Å². The van der Waals surface area contributed by atoms with Gasteiger partial charge in [-0.2, -0.15) is 0 Å². The van der Waals surface area contributed by atoms with E-state index < -0.39 is 0 Å². The minimum absolute atomic E-state index is 0.334. The summed E-state index contributed by atoms with van der Waals surface area (Å²) in [4.78, 5) is 12.5. The van der Waals surface area contributed by atoms with E-state index in [0.29, 0.717) is 45.2 Å². The van der Waals surface area contributed by atoms with Crippen molar-refractivity contribution in [1.29, 1.82) is 0 Å². The van der Waals surface area contributed by atoms with Gasteiger partial charge < -0.3 is 0 Å². The number of Topliss-reactive ketones (excluding diaryl/α,β-unsaturated/α-hetero) is 1. The molecule has 9 atom stereocenters. The van der Waals surface area contributed by atoms with Crippen LogP contribution in [-0.4, -0.2) is 5.78 Å². The standard InChI is InChI=1S/C30H48O/c1-19(2)20(3)8-9-21(4)23-12-14-28(7)26-11-10-24-22(5)25(31)13-15-29(24)18-30(26,29)17-16-27(23,28)6/h19,21-24,26H,3,8-18H2,1-2,4-7H3/t21-,22+,23-,24-,26-,27-,28-,29-,30+/m1/s1. The van der Waals surface area contributed by atoms with Crippen LogP contribution in [0.3, 0.4) is 0 Å². The molecule has 0 aliphatic heterocycles. The molecular formula is C30H48O. The van der Waals surface area contributed by atoms with Crippen LogP contribution in [0.5, 0.6) is 0 Å². The first kappa shape index (κ1) is 22.2. The average Bonchev–Trinajstić information content (AvgIpc) is 3.31. The molecule has 5 saturated carbocycles. The number of rotatable bonds is 5. The van der Waals surface area contributed by atoms with E-state index in [1.165, 1.54) is 69.8 Å². The van der Waals surface area contributed by atoms with Crippen molar-refractivity contribution >= 4 is 5.78 Å². The molecule has 1 nitrogen and oxygen atoms in total. The number of hydrogen-bond donors (Lipinski definition) is 0. The third kappa shape index (κ3) is 2.70. The summed E-state index contributed by atoms with van der Waals surface area (Å²) < 4.78 is 0. The van der Waals surface area contributed by atoms with Crippen molar-refractivity contribution in [1.82, 2.24) is 0 Å². The Morgan fingerprint density at radius 3 is 2.45 bits per heavy atom. The molecule has 0 aromatic heterocycles. The smallest absolute Gasteiger partial charge is 0.136 e. The minimum Gasteiger partial charge on any atom is -0.299 e. The van der Waals surface area contributed by atoms with Crippen LogP contribution < -0.4 is 0 Å². The van der Waals surface area contributed by atoms with Crippen LogP contribution >= 0.6 is 0 Å². The fourth-order valence-electron chi connectivity index (χ4n) is 10.7. The Morgan fingerprint density at radius 1 is 1.00 bits per heavy atom. The van der Waals surface area contributed by atoms with Gasteiger partial charge in [-0.05, 0) is 115 Å². The van der Waals surface area contributed by atoms with Crippen LogP contribution in [0.2, 0.25) is 0 Å². The first-order chi connectivity index (χ1) is 14.5.